The van der Waals surface area contributed by atoms with E-state index in [1.54, 1.807) is 0 Å². The zero-order valence-electron chi connectivity index (χ0n) is 11.3. The minimum Gasteiger partial charge on any atom is -0.381 e. The third kappa shape index (κ3) is 3.88. The Kier molecular flexibility index (Phi) is 4.77. The van der Waals surface area contributed by atoms with Gasteiger partial charge in [-0.3, -0.25) is 0 Å². The van der Waals surface area contributed by atoms with Gasteiger partial charge >= 0.3 is 5.51 Å². The van der Waals surface area contributed by atoms with Crippen molar-refractivity contribution >= 4 is 15.5 Å². The number of hydrogen-bond donors (Lipinski definition) is 2. The van der Waals surface area contributed by atoms with Crippen molar-refractivity contribution in [3.63, 3.8) is 0 Å². The standard InChI is InChI=1S/C13H17F3N2O2S/c14-13(15,16)21(19,20)12-6-4-10(5-7-12)18-11-3-1-2-8-17-9-11/h4-7,11,17-18H,1-3,8-9H2. The van der Waals surface area contributed by atoms with Crippen molar-refractivity contribution in [2.45, 2.75) is 35.7 Å². The fourth-order valence-electron chi connectivity index (χ4n) is 2.24. The molecule has 0 aliphatic carbocycles. The van der Waals surface area contributed by atoms with Gasteiger partial charge in [0.25, 0.3) is 9.84 Å². The summed E-state index contributed by atoms with van der Waals surface area (Å²) in [6, 6.07) is 4.88. The maximum absolute atomic E-state index is 12.4. The molecule has 2 N–H and O–H groups in total. The highest BCUT2D eigenvalue weighted by atomic mass is 32.2. The SMILES string of the molecule is O=S(=O)(c1ccc(NC2CCCCNC2)cc1)C(F)(F)F. The van der Waals surface area contributed by atoms with E-state index in [2.05, 4.69) is 10.6 Å². The summed E-state index contributed by atoms with van der Waals surface area (Å²) in [5, 5.41) is 6.47. The third-order valence-corrected chi connectivity index (χ3v) is 4.89. The first-order chi connectivity index (χ1) is 9.80. The highest BCUT2D eigenvalue weighted by molar-refractivity contribution is 7.92. The zero-order valence-corrected chi connectivity index (χ0v) is 12.1. The molecule has 0 saturated carbocycles. The Balaban J connectivity index is 2.09. The van der Waals surface area contributed by atoms with Crippen molar-refractivity contribution in [3.8, 4) is 0 Å². The average Bonchev–Trinajstić information content (AvgIpc) is 2.67. The molecular formula is C13H17F3N2O2S. The Morgan fingerprint density at radius 3 is 2.43 bits per heavy atom. The van der Waals surface area contributed by atoms with E-state index in [4.69, 9.17) is 0 Å². The number of rotatable bonds is 3. The fraction of sp³-hybridized carbons (Fsp3) is 0.538. The zero-order chi connectivity index (χ0) is 15.5. The molecule has 1 aliphatic rings. The highest BCUT2D eigenvalue weighted by Crippen LogP contribution is 2.30. The van der Waals surface area contributed by atoms with Crippen molar-refractivity contribution in [2.24, 2.45) is 0 Å². The summed E-state index contributed by atoms with van der Waals surface area (Å²) in [6.07, 6.45) is 3.14. The molecule has 0 radical (unpaired) electrons. The Morgan fingerprint density at radius 1 is 1.14 bits per heavy atom. The molecule has 118 valence electrons. The van der Waals surface area contributed by atoms with E-state index >= 15 is 0 Å². The molecule has 0 aromatic heterocycles. The molecule has 0 amide bonds. The van der Waals surface area contributed by atoms with Crippen LogP contribution in [0.4, 0.5) is 18.9 Å². The summed E-state index contributed by atoms with van der Waals surface area (Å²) >= 11 is 0. The molecule has 1 aromatic rings. The number of anilines is 1. The van der Waals surface area contributed by atoms with Crippen molar-refractivity contribution in [1.29, 1.82) is 0 Å². The number of benzene rings is 1. The summed E-state index contributed by atoms with van der Waals surface area (Å²) in [5.41, 5.74) is -4.66. The van der Waals surface area contributed by atoms with Gasteiger partial charge in [0.1, 0.15) is 0 Å². The Hall–Kier alpha value is -1.28. The number of nitrogens with one attached hydrogen (secondary N) is 2. The summed E-state index contributed by atoms with van der Waals surface area (Å²) in [7, 11) is -5.27. The van der Waals surface area contributed by atoms with Gasteiger partial charge in [-0.15, -0.1) is 0 Å². The lowest BCUT2D eigenvalue weighted by Gasteiger charge is -2.18. The van der Waals surface area contributed by atoms with Gasteiger partial charge in [0.2, 0.25) is 0 Å². The molecular weight excluding hydrogens is 305 g/mol. The van der Waals surface area contributed by atoms with E-state index in [1.807, 2.05) is 0 Å². The number of sulfone groups is 1. The lowest BCUT2D eigenvalue weighted by Crippen LogP contribution is -2.30. The molecule has 21 heavy (non-hydrogen) atoms. The predicted molar refractivity (Wildman–Crippen MR) is 73.8 cm³/mol. The minimum atomic E-state index is -5.27. The van der Waals surface area contributed by atoms with E-state index in [1.165, 1.54) is 12.1 Å². The smallest absolute Gasteiger partial charge is 0.381 e. The van der Waals surface area contributed by atoms with Crippen LogP contribution in [0.5, 0.6) is 0 Å². The maximum atomic E-state index is 12.4. The molecule has 1 atom stereocenters. The molecule has 1 aromatic carbocycles. The van der Waals surface area contributed by atoms with E-state index in [9.17, 15) is 21.6 Å². The van der Waals surface area contributed by atoms with Crippen LogP contribution < -0.4 is 10.6 Å². The van der Waals surface area contributed by atoms with E-state index < -0.39 is 20.2 Å². The lowest BCUT2D eigenvalue weighted by atomic mass is 10.1. The summed E-state index contributed by atoms with van der Waals surface area (Å²) in [5.74, 6) is 0. The molecule has 0 spiro atoms. The van der Waals surface area contributed by atoms with Crippen LogP contribution in [0, 0.1) is 0 Å². The molecule has 4 nitrogen and oxygen atoms in total. The highest BCUT2D eigenvalue weighted by Gasteiger charge is 2.46. The Labute approximate surface area is 121 Å². The van der Waals surface area contributed by atoms with E-state index in [-0.39, 0.29) is 6.04 Å². The molecule has 1 heterocycles. The number of halogens is 3. The number of alkyl halides is 3. The molecule has 0 bridgehead atoms. The van der Waals surface area contributed by atoms with Crippen LogP contribution in [0.15, 0.2) is 29.2 Å². The first-order valence-electron chi connectivity index (χ1n) is 6.69. The second-order valence-corrected chi connectivity index (χ2v) is 6.96. The van der Waals surface area contributed by atoms with Gasteiger partial charge in [-0.25, -0.2) is 8.42 Å². The fourth-order valence-corrected chi connectivity index (χ4v) is 3.00. The molecule has 1 saturated heterocycles. The molecule has 8 heteroatoms. The summed E-state index contributed by atoms with van der Waals surface area (Å²) < 4.78 is 59.8. The van der Waals surface area contributed by atoms with Gasteiger partial charge in [0.15, 0.2) is 0 Å². The monoisotopic (exact) mass is 322 g/mol. The van der Waals surface area contributed by atoms with Gasteiger partial charge in [0, 0.05) is 18.3 Å². The van der Waals surface area contributed by atoms with Crippen LogP contribution in [0.2, 0.25) is 0 Å². The van der Waals surface area contributed by atoms with Crippen LogP contribution >= 0.6 is 0 Å². The summed E-state index contributed by atoms with van der Waals surface area (Å²) in [4.78, 5) is -0.737. The van der Waals surface area contributed by atoms with E-state index in [0.29, 0.717) is 5.69 Å². The van der Waals surface area contributed by atoms with Gasteiger partial charge < -0.3 is 10.6 Å². The largest absolute Gasteiger partial charge is 0.501 e. The Morgan fingerprint density at radius 2 is 1.81 bits per heavy atom. The van der Waals surface area contributed by atoms with Gasteiger partial charge in [0.05, 0.1) is 4.90 Å². The Bertz CT molecular complexity index is 562. The second kappa shape index (κ2) is 6.23. The van der Waals surface area contributed by atoms with Gasteiger partial charge in [-0.1, -0.05) is 6.42 Å². The van der Waals surface area contributed by atoms with Crippen LogP contribution in [0.1, 0.15) is 19.3 Å². The lowest BCUT2D eigenvalue weighted by molar-refractivity contribution is -0.0436. The van der Waals surface area contributed by atoms with Crippen molar-refractivity contribution < 1.29 is 21.6 Å². The predicted octanol–water partition coefficient (Wildman–Crippen LogP) is 2.53. The van der Waals surface area contributed by atoms with Gasteiger partial charge in [-0.05, 0) is 43.7 Å². The molecule has 1 aliphatic heterocycles. The summed E-state index contributed by atoms with van der Waals surface area (Å²) in [6.45, 7) is 1.74. The van der Waals surface area contributed by atoms with Gasteiger partial charge in [-0.2, -0.15) is 13.2 Å². The van der Waals surface area contributed by atoms with Crippen LogP contribution in [0.25, 0.3) is 0 Å². The van der Waals surface area contributed by atoms with Crippen molar-refractivity contribution in [3.05, 3.63) is 24.3 Å². The quantitative estimate of drug-likeness (QED) is 0.898. The van der Waals surface area contributed by atoms with Crippen LogP contribution in [0.3, 0.4) is 0 Å². The normalized spacial score (nSPS) is 20.8. The molecule has 1 fully saturated rings. The van der Waals surface area contributed by atoms with Crippen molar-refractivity contribution in [1.82, 2.24) is 5.32 Å². The van der Waals surface area contributed by atoms with E-state index in [0.717, 1.165) is 44.5 Å². The minimum absolute atomic E-state index is 0.192. The maximum Gasteiger partial charge on any atom is 0.501 e. The molecule has 2 rings (SSSR count). The molecule has 1 unspecified atom stereocenters. The first kappa shape index (κ1) is 16.1. The van der Waals surface area contributed by atoms with Crippen LogP contribution in [-0.4, -0.2) is 33.1 Å². The topological polar surface area (TPSA) is 58.2 Å². The second-order valence-electron chi connectivity index (χ2n) is 5.01. The van der Waals surface area contributed by atoms with Crippen molar-refractivity contribution in [2.75, 3.05) is 18.4 Å². The first-order valence-corrected chi connectivity index (χ1v) is 8.18. The third-order valence-electron chi connectivity index (χ3n) is 3.39. The average molecular weight is 322 g/mol. The van der Waals surface area contributed by atoms with Crippen LogP contribution in [-0.2, 0) is 9.84 Å². The number of hydrogen-bond acceptors (Lipinski definition) is 4.